The van der Waals surface area contributed by atoms with Crippen molar-refractivity contribution in [3.63, 3.8) is 0 Å². The highest BCUT2D eigenvalue weighted by Crippen LogP contribution is 2.30. The summed E-state index contributed by atoms with van der Waals surface area (Å²) < 4.78 is 5.91. The topological polar surface area (TPSA) is 75.4 Å². The molecule has 1 atom stereocenters. The van der Waals surface area contributed by atoms with Crippen LogP contribution < -0.4 is 5.32 Å². The van der Waals surface area contributed by atoms with E-state index in [1.807, 2.05) is 56.9 Å². The summed E-state index contributed by atoms with van der Waals surface area (Å²) in [6.07, 6.45) is 2.09. The van der Waals surface area contributed by atoms with Crippen molar-refractivity contribution in [3.05, 3.63) is 30.2 Å². The number of amides is 2. The molecule has 2 aromatic rings. The molecule has 0 bridgehead atoms. The van der Waals surface area contributed by atoms with Crippen LogP contribution in [0.3, 0.4) is 0 Å². The molecule has 3 rings (SSSR count). The number of aromatic nitrogens is 1. The number of hydrogen-bond donors (Lipinski definition) is 1. The predicted octanol–water partition coefficient (Wildman–Crippen LogP) is 3.72. The Hall–Kier alpha value is -2.37. The minimum absolute atomic E-state index is 0.0168. The third-order valence-corrected chi connectivity index (χ3v) is 5.31. The van der Waals surface area contributed by atoms with Crippen LogP contribution in [0.2, 0.25) is 0 Å². The second-order valence-electron chi connectivity index (χ2n) is 8.51. The van der Waals surface area contributed by atoms with Crippen LogP contribution in [0.15, 0.2) is 28.7 Å². The van der Waals surface area contributed by atoms with Gasteiger partial charge in [0.05, 0.1) is 0 Å². The number of likely N-dealkylation sites (tertiary alicyclic amines) is 1. The number of nitrogens with one attached hydrogen (secondary N) is 1. The summed E-state index contributed by atoms with van der Waals surface area (Å²) >= 11 is 0. The number of carbonyl (C=O) groups excluding carboxylic acids is 2. The fourth-order valence-corrected chi connectivity index (χ4v) is 3.72. The van der Waals surface area contributed by atoms with Gasteiger partial charge in [-0.3, -0.25) is 9.59 Å². The highest BCUT2D eigenvalue weighted by molar-refractivity contribution is 5.88. The Morgan fingerprint density at radius 2 is 1.86 bits per heavy atom. The van der Waals surface area contributed by atoms with Gasteiger partial charge < -0.3 is 14.6 Å². The molecule has 1 aromatic carbocycles. The maximum absolute atomic E-state index is 13.0. The number of oxazole rings is 1. The summed E-state index contributed by atoms with van der Waals surface area (Å²) in [6, 6.07) is 7.31. The summed E-state index contributed by atoms with van der Waals surface area (Å²) in [4.78, 5) is 31.7. The SMILES string of the molecule is CC(C)CC(=O)NC(C(=O)N1CCC(c2nc3ccccc3o2)CC1)C(C)C. The average Bonchev–Trinajstić information content (AvgIpc) is 3.09. The van der Waals surface area contributed by atoms with Gasteiger partial charge in [-0.15, -0.1) is 0 Å². The highest BCUT2D eigenvalue weighted by atomic mass is 16.3. The first-order valence-corrected chi connectivity index (χ1v) is 10.3. The van der Waals surface area contributed by atoms with Gasteiger partial charge in [-0.05, 0) is 36.8 Å². The minimum atomic E-state index is -0.466. The van der Waals surface area contributed by atoms with E-state index in [0.29, 0.717) is 19.5 Å². The molecule has 2 heterocycles. The summed E-state index contributed by atoms with van der Waals surface area (Å²) in [6.45, 7) is 9.27. The Morgan fingerprint density at radius 3 is 2.46 bits per heavy atom. The molecule has 1 N–H and O–H groups in total. The van der Waals surface area contributed by atoms with Crippen molar-refractivity contribution in [2.75, 3.05) is 13.1 Å². The summed E-state index contributed by atoms with van der Waals surface area (Å²) in [5, 5.41) is 2.94. The van der Waals surface area contributed by atoms with Gasteiger partial charge in [-0.2, -0.15) is 0 Å². The lowest BCUT2D eigenvalue weighted by atomic mass is 9.94. The average molecular weight is 386 g/mol. The smallest absolute Gasteiger partial charge is 0.245 e. The standard InChI is InChI=1S/C22H31N3O3/c1-14(2)13-19(26)24-20(15(3)4)22(27)25-11-9-16(10-12-25)21-23-17-7-5-6-8-18(17)28-21/h5-8,14-16,20H,9-13H2,1-4H3,(H,24,26). The number of hydrogen-bond acceptors (Lipinski definition) is 4. The Labute approximate surface area is 166 Å². The zero-order valence-corrected chi connectivity index (χ0v) is 17.3. The van der Waals surface area contributed by atoms with Crippen LogP contribution in [0.5, 0.6) is 0 Å². The monoisotopic (exact) mass is 385 g/mol. The molecule has 1 aliphatic rings. The molecule has 1 aromatic heterocycles. The molecule has 0 spiro atoms. The summed E-state index contributed by atoms with van der Waals surface area (Å²) in [5.74, 6) is 1.28. The molecule has 0 saturated carbocycles. The molecule has 6 heteroatoms. The fraction of sp³-hybridized carbons (Fsp3) is 0.591. The minimum Gasteiger partial charge on any atom is -0.440 e. The first-order chi connectivity index (χ1) is 13.3. The summed E-state index contributed by atoms with van der Waals surface area (Å²) in [7, 11) is 0. The van der Waals surface area contributed by atoms with E-state index in [1.54, 1.807) is 0 Å². The van der Waals surface area contributed by atoms with Gasteiger partial charge >= 0.3 is 0 Å². The van der Waals surface area contributed by atoms with Crippen LogP contribution >= 0.6 is 0 Å². The van der Waals surface area contributed by atoms with Gasteiger partial charge in [0.2, 0.25) is 11.8 Å². The van der Waals surface area contributed by atoms with Crippen LogP contribution in [0, 0.1) is 11.8 Å². The number of benzene rings is 1. The Bertz CT molecular complexity index is 786. The van der Waals surface area contributed by atoms with Gasteiger partial charge in [0, 0.05) is 25.4 Å². The van der Waals surface area contributed by atoms with Gasteiger partial charge in [-0.1, -0.05) is 39.8 Å². The lowest BCUT2D eigenvalue weighted by Gasteiger charge is -2.34. The molecular weight excluding hydrogens is 354 g/mol. The van der Waals surface area contributed by atoms with E-state index in [4.69, 9.17) is 4.42 Å². The van der Waals surface area contributed by atoms with Gasteiger partial charge in [0.15, 0.2) is 11.5 Å². The molecule has 152 valence electrons. The molecule has 1 saturated heterocycles. The van der Waals surface area contributed by atoms with Crippen LogP contribution in [-0.4, -0.2) is 40.8 Å². The Morgan fingerprint density at radius 1 is 1.18 bits per heavy atom. The maximum Gasteiger partial charge on any atom is 0.245 e. The van der Waals surface area contributed by atoms with Crippen molar-refractivity contribution in [2.45, 2.75) is 58.9 Å². The van der Waals surface area contributed by atoms with E-state index >= 15 is 0 Å². The van der Waals surface area contributed by atoms with E-state index in [-0.39, 0.29) is 29.6 Å². The Kier molecular flexibility index (Phi) is 6.37. The molecule has 1 fully saturated rings. The lowest BCUT2D eigenvalue weighted by molar-refractivity contribution is -0.138. The number of fused-ring (bicyclic) bond motifs is 1. The Balaban J connectivity index is 1.60. The van der Waals surface area contributed by atoms with E-state index in [2.05, 4.69) is 10.3 Å². The molecule has 0 radical (unpaired) electrons. The summed E-state index contributed by atoms with van der Waals surface area (Å²) in [5.41, 5.74) is 1.69. The lowest BCUT2D eigenvalue weighted by Crippen LogP contribution is -2.53. The van der Waals surface area contributed by atoms with Crippen molar-refractivity contribution in [1.82, 2.24) is 15.2 Å². The van der Waals surface area contributed by atoms with Crippen molar-refractivity contribution < 1.29 is 14.0 Å². The van der Waals surface area contributed by atoms with E-state index in [9.17, 15) is 9.59 Å². The van der Waals surface area contributed by atoms with Gasteiger partial charge in [0.25, 0.3) is 0 Å². The van der Waals surface area contributed by atoms with Gasteiger partial charge in [-0.25, -0.2) is 4.98 Å². The molecular formula is C22H31N3O3. The zero-order chi connectivity index (χ0) is 20.3. The quantitative estimate of drug-likeness (QED) is 0.822. The van der Waals surface area contributed by atoms with Crippen molar-refractivity contribution >= 4 is 22.9 Å². The molecule has 28 heavy (non-hydrogen) atoms. The van der Waals surface area contributed by atoms with E-state index in [0.717, 1.165) is 29.8 Å². The van der Waals surface area contributed by atoms with Crippen LogP contribution in [0.4, 0.5) is 0 Å². The van der Waals surface area contributed by atoms with Crippen LogP contribution in [0.1, 0.15) is 58.8 Å². The number of rotatable bonds is 6. The molecule has 1 unspecified atom stereocenters. The molecule has 6 nitrogen and oxygen atoms in total. The van der Waals surface area contributed by atoms with E-state index < -0.39 is 6.04 Å². The molecule has 2 amide bonds. The number of nitrogens with zero attached hydrogens (tertiary/aromatic N) is 2. The van der Waals surface area contributed by atoms with E-state index in [1.165, 1.54) is 0 Å². The number of para-hydroxylation sites is 2. The molecule has 1 aliphatic heterocycles. The normalized spacial score (nSPS) is 16.7. The van der Waals surface area contributed by atoms with Crippen LogP contribution in [-0.2, 0) is 9.59 Å². The third kappa shape index (κ3) is 4.72. The third-order valence-electron chi connectivity index (χ3n) is 5.31. The number of carbonyl (C=O) groups is 2. The van der Waals surface area contributed by atoms with Crippen molar-refractivity contribution in [3.8, 4) is 0 Å². The fourth-order valence-electron chi connectivity index (χ4n) is 3.72. The second kappa shape index (κ2) is 8.76. The van der Waals surface area contributed by atoms with Gasteiger partial charge in [0.1, 0.15) is 11.6 Å². The number of piperidine rings is 1. The molecule has 0 aliphatic carbocycles. The first-order valence-electron chi connectivity index (χ1n) is 10.3. The van der Waals surface area contributed by atoms with Crippen molar-refractivity contribution in [1.29, 1.82) is 0 Å². The maximum atomic E-state index is 13.0. The second-order valence-corrected chi connectivity index (χ2v) is 8.51. The first kappa shape index (κ1) is 20.4. The zero-order valence-electron chi connectivity index (χ0n) is 17.3. The highest BCUT2D eigenvalue weighted by Gasteiger charge is 2.32. The van der Waals surface area contributed by atoms with Crippen molar-refractivity contribution in [2.24, 2.45) is 11.8 Å². The largest absolute Gasteiger partial charge is 0.440 e. The van der Waals surface area contributed by atoms with Crippen LogP contribution in [0.25, 0.3) is 11.1 Å². The predicted molar refractivity (Wildman–Crippen MR) is 109 cm³/mol.